The number of hydrogen-bond donors (Lipinski definition) is 3. The Kier molecular flexibility index (Phi) is 10.7. The van der Waals surface area contributed by atoms with Gasteiger partial charge in [-0.05, 0) is 31.1 Å². The zero-order valence-electron chi connectivity index (χ0n) is 16.9. The van der Waals surface area contributed by atoms with E-state index in [2.05, 4.69) is 48.3 Å². The quantitative estimate of drug-likeness (QED) is 0.478. The van der Waals surface area contributed by atoms with Crippen molar-refractivity contribution in [2.45, 2.75) is 79.1 Å². The summed E-state index contributed by atoms with van der Waals surface area (Å²) in [6.07, 6.45) is 8.65. The zero-order chi connectivity index (χ0) is 19.4. The molecule has 0 spiro atoms. The average molecular weight is 365 g/mol. The number of amides is 2. The molecule has 2 amide bonds. The van der Waals surface area contributed by atoms with E-state index in [1.54, 1.807) is 0 Å². The number of unbranched alkanes of at least 4 members (excludes halogenated alkanes) is 1. The van der Waals surface area contributed by atoms with Crippen LogP contribution in [-0.4, -0.2) is 22.5 Å². The normalized spacial score (nSPS) is 12.2. The minimum absolute atomic E-state index is 0.214. The predicted molar refractivity (Wildman–Crippen MR) is 108 cm³/mol. The molecule has 148 valence electrons. The maximum Gasteiger partial charge on any atom is 0.321 e. The van der Waals surface area contributed by atoms with Crippen LogP contribution in [0.2, 0.25) is 0 Å². The third-order valence-corrected chi connectivity index (χ3v) is 4.45. The minimum atomic E-state index is -0.336. The fourth-order valence-electron chi connectivity index (χ4n) is 2.88. The van der Waals surface area contributed by atoms with Gasteiger partial charge in [0.15, 0.2) is 0 Å². The highest BCUT2D eigenvalue weighted by molar-refractivity contribution is 5.87. The highest BCUT2D eigenvalue weighted by atomic mass is 16.2. The van der Waals surface area contributed by atoms with Gasteiger partial charge in [-0.1, -0.05) is 59.8 Å². The molecule has 0 saturated carbocycles. The van der Waals surface area contributed by atoms with Gasteiger partial charge in [-0.15, -0.1) is 0 Å². The first kappa shape index (κ1) is 22.2. The second kappa shape index (κ2) is 12.5. The molecular formula is C20H36N4O2. The molecule has 1 rings (SSSR count). The molecular weight excluding hydrogens is 328 g/mol. The summed E-state index contributed by atoms with van der Waals surface area (Å²) in [6.45, 7) is 9.49. The summed E-state index contributed by atoms with van der Waals surface area (Å²) in [5.74, 6) is 1.68. The summed E-state index contributed by atoms with van der Waals surface area (Å²) in [5.41, 5.74) is 0.496. The van der Waals surface area contributed by atoms with Gasteiger partial charge in [-0.2, -0.15) is 0 Å². The molecule has 1 aromatic rings. The molecule has 1 aromatic heterocycles. The van der Waals surface area contributed by atoms with Crippen molar-refractivity contribution in [1.29, 1.82) is 0 Å². The smallest absolute Gasteiger partial charge is 0.321 e. The minimum Gasteiger partial charge on any atom is -0.338 e. The Morgan fingerprint density at radius 1 is 1.15 bits per heavy atom. The highest BCUT2D eigenvalue weighted by Crippen LogP contribution is 2.17. The fourth-order valence-corrected chi connectivity index (χ4v) is 2.88. The van der Waals surface area contributed by atoms with Crippen LogP contribution < -0.4 is 16.2 Å². The molecule has 0 aromatic carbocycles. The maximum absolute atomic E-state index is 11.8. The fraction of sp³-hybridized carbons (Fsp3) is 0.750. The van der Waals surface area contributed by atoms with Gasteiger partial charge in [0.2, 0.25) is 5.95 Å². The molecule has 1 unspecified atom stereocenters. The van der Waals surface area contributed by atoms with E-state index in [-0.39, 0.29) is 17.5 Å². The lowest BCUT2D eigenvalue weighted by Gasteiger charge is -2.12. The first-order chi connectivity index (χ1) is 12.4. The third-order valence-electron chi connectivity index (χ3n) is 4.45. The maximum atomic E-state index is 11.8. The molecule has 1 atom stereocenters. The second-order valence-corrected chi connectivity index (χ2v) is 7.64. The van der Waals surface area contributed by atoms with E-state index in [1.165, 1.54) is 25.3 Å². The van der Waals surface area contributed by atoms with E-state index >= 15 is 0 Å². The Hall–Kier alpha value is -1.85. The van der Waals surface area contributed by atoms with E-state index in [0.29, 0.717) is 12.5 Å². The van der Waals surface area contributed by atoms with Crippen LogP contribution in [0.1, 0.15) is 78.3 Å². The van der Waals surface area contributed by atoms with Crippen molar-refractivity contribution >= 4 is 12.0 Å². The molecule has 26 heavy (non-hydrogen) atoms. The number of rotatable bonds is 12. The Morgan fingerprint density at radius 3 is 2.58 bits per heavy atom. The number of carbonyl (C=O) groups is 1. The van der Waals surface area contributed by atoms with Crippen LogP contribution in [0.25, 0.3) is 0 Å². The molecule has 0 bridgehead atoms. The van der Waals surface area contributed by atoms with E-state index in [4.69, 9.17) is 0 Å². The Morgan fingerprint density at radius 2 is 1.88 bits per heavy atom. The molecule has 3 N–H and O–H groups in total. The summed E-state index contributed by atoms with van der Waals surface area (Å²) in [4.78, 5) is 30.5. The lowest BCUT2D eigenvalue weighted by atomic mass is 9.95. The summed E-state index contributed by atoms with van der Waals surface area (Å²) >= 11 is 0. The van der Waals surface area contributed by atoms with E-state index in [0.717, 1.165) is 43.7 Å². The molecule has 0 aliphatic heterocycles. The molecule has 6 nitrogen and oxygen atoms in total. The number of aromatic amines is 1. The monoisotopic (exact) mass is 364 g/mol. The van der Waals surface area contributed by atoms with Crippen molar-refractivity contribution in [1.82, 2.24) is 15.3 Å². The van der Waals surface area contributed by atoms with Crippen LogP contribution in [0.5, 0.6) is 0 Å². The van der Waals surface area contributed by atoms with Crippen molar-refractivity contribution in [3.8, 4) is 0 Å². The molecule has 6 heteroatoms. The molecule has 0 radical (unpaired) electrons. The molecule has 1 heterocycles. The van der Waals surface area contributed by atoms with Crippen molar-refractivity contribution in [2.24, 2.45) is 11.8 Å². The first-order valence-corrected chi connectivity index (χ1v) is 10.1. The number of aromatic nitrogens is 2. The number of aryl methyl sites for hydroxylation is 1. The molecule has 0 aliphatic carbocycles. The standard InChI is InChI=1S/C20H36N4O2/c1-5-6-13-21-20(26)24-19-22-17(14-18(25)23-19)12-8-11-16(4)10-7-9-15(2)3/h14-16H,5-13H2,1-4H3,(H3,21,22,23,24,25,26). The van der Waals surface area contributed by atoms with Crippen LogP contribution in [-0.2, 0) is 6.42 Å². The van der Waals surface area contributed by atoms with Gasteiger partial charge in [0, 0.05) is 18.3 Å². The highest BCUT2D eigenvalue weighted by Gasteiger charge is 2.07. The molecule has 0 aliphatic rings. The first-order valence-electron chi connectivity index (χ1n) is 10.1. The Balaban J connectivity index is 2.41. The van der Waals surface area contributed by atoms with E-state index in [9.17, 15) is 9.59 Å². The molecule has 0 fully saturated rings. The number of urea groups is 1. The lowest BCUT2D eigenvalue weighted by Crippen LogP contribution is -2.31. The van der Waals surface area contributed by atoms with Gasteiger partial charge in [0.1, 0.15) is 0 Å². The van der Waals surface area contributed by atoms with Crippen LogP contribution in [0.4, 0.5) is 10.7 Å². The summed E-state index contributed by atoms with van der Waals surface area (Å²) in [5, 5.41) is 5.35. The summed E-state index contributed by atoms with van der Waals surface area (Å²) in [6, 6.07) is 1.18. The topological polar surface area (TPSA) is 86.9 Å². The van der Waals surface area contributed by atoms with Gasteiger partial charge in [0.05, 0.1) is 0 Å². The SMILES string of the molecule is CCCCNC(=O)Nc1nc(CCCC(C)CCCC(C)C)cc(=O)[nH]1. The van der Waals surface area contributed by atoms with Gasteiger partial charge >= 0.3 is 6.03 Å². The summed E-state index contributed by atoms with van der Waals surface area (Å²) < 4.78 is 0. The van der Waals surface area contributed by atoms with Crippen LogP contribution in [0.15, 0.2) is 10.9 Å². The average Bonchev–Trinajstić information content (AvgIpc) is 2.54. The van der Waals surface area contributed by atoms with Gasteiger partial charge in [0.25, 0.3) is 5.56 Å². The number of nitrogens with one attached hydrogen (secondary N) is 3. The van der Waals surface area contributed by atoms with E-state index in [1.807, 2.05) is 0 Å². The predicted octanol–water partition coefficient (Wildman–Crippen LogP) is 4.48. The number of hydrogen-bond acceptors (Lipinski definition) is 3. The number of H-pyrrole nitrogens is 1. The third kappa shape index (κ3) is 10.2. The van der Waals surface area contributed by atoms with Crippen molar-refractivity contribution in [3.05, 3.63) is 22.1 Å². The van der Waals surface area contributed by atoms with Crippen LogP contribution >= 0.6 is 0 Å². The Bertz CT molecular complexity index is 583. The van der Waals surface area contributed by atoms with Crippen LogP contribution in [0.3, 0.4) is 0 Å². The second-order valence-electron chi connectivity index (χ2n) is 7.64. The number of carbonyl (C=O) groups excluding carboxylic acids is 1. The van der Waals surface area contributed by atoms with Crippen molar-refractivity contribution in [2.75, 3.05) is 11.9 Å². The Labute approximate surface area is 157 Å². The zero-order valence-corrected chi connectivity index (χ0v) is 16.9. The van der Waals surface area contributed by atoms with Crippen LogP contribution in [0, 0.1) is 11.8 Å². The molecule has 0 saturated heterocycles. The van der Waals surface area contributed by atoms with Crippen molar-refractivity contribution in [3.63, 3.8) is 0 Å². The largest absolute Gasteiger partial charge is 0.338 e. The number of nitrogens with zero attached hydrogens (tertiary/aromatic N) is 1. The van der Waals surface area contributed by atoms with E-state index < -0.39 is 0 Å². The lowest BCUT2D eigenvalue weighted by molar-refractivity contribution is 0.252. The van der Waals surface area contributed by atoms with Gasteiger partial charge in [-0.25, -0.2) is 9.78 Å². The van der Waals surface area contributed by atoms with Gasteiger partial charge in [-0.3, -0.25) is 15.1 Å². The number of anilines is 1. The van der Waals surface area contributed by atoms with Crippen molar-refractivity contribution < 1.29 is 4.79 Å². The summed E-state index contributed by atoms with van der Waals surface area (Å²) in [7, 11) is 0. The van der Waals surface area contributed by atoms with Gasteiger partial charge < -0.3 is 5.32 Å².